The van der Waals surface area contributed by atoms with Gasteiger partial charge in [-0.3, -0.25) is 9.48 Å². The number of carbonyl (C=O) groups is 1. The van der Waals surface area contributed by atoms with E-state index in [0.717, 1.165) is 34.6 Å². The predicted molar refractivity (Wildman–Crippen MR) is 104 cm³/mol. The molecule has 0 saturated heterocycles. The van der Waals surface area contributed by atoms with Crippen LogP contribution in [0.15, 0.2) is 54.7 Å². The van der Waals surface area contributed by atoms with Gasteiger partial charge in [0.2, 0.25) is 5.91 Å². The fourth-order valence-corrected chi connectivity index (χ4v) is 3.49. The molecule has 26 heavy (non-hydrogen) atoms. The molecule has 3 aromatic rings. The molecule has 0 aliphatic carbocycles. The lowest BCUT2D eigenvalue weighted by molar-refractivity contribution is -0.116. The van der Waals surface area contributed by atoms with Crippen LogP contribution in [0.5, 0.6) is 0 Å². The Kier molecular flexibility index (Phi) is 4.21. The molecule has 1 aromatic heterocycles. The number of para-hydroxylation sites is 1. The number of hydrogen-bond acceptors (Lipinski definition) is 3. The second kappa shape index (κ2) is 6.67. The summed E-state index contributed by atoms with van der Waals surface area (Å²) in [5.41, 5.74) is 6.19. The first-order valence-corrected chi connectivity index (χ1v) is 8.86. The molecule has 2 N–H and O–H groups in total. The Morgan fingerprint density at radius 2 is 1.92 bits per heavy atom. The molecule has 1 aliphatic heterocycles. The summed E-state index contributed by atoms with van der Waals surface area (Å²) >= 11 is 0. The zero-order chi connectivity index (χ0) is 18.1. The predicted octanol–water partition coefficient (Wildman–Crippen LogP) is 3.82. The van der Waals surface area contributed by atoms with E-state index in [0.29, 0.717) is 6.42 Å². The minimum atomic E-state index is 0.0385. The van der Waals surface area contributed by atoms with Gasteiger partial charge in [-0.05, 0) is 18.6 Å². The molecular weight excluding hydrogens is 324 g/mol. The molecule has 5 nitrogen and oxygen atoms in total. The molecule has 0 unspecified atom stereocenters. The molecule has 132 valence electrons. The molecule has 1 amide bonds. The van der Waals surface area contributed by atoms with Gasteiger partial charge >= 0.3 is 0 Å². The highest BCUT2D eigenvalue weighted by Crippen LogP contribution is 2.38. The largest absolute Gasteiger partial charge is 0.380 e. The number of carbonyl (C=O) groups excluding carboxylic acids is 1. The summed E-state index contributed by atoms with van der Waals surface area (Å²) in [6.07, 6.45) is 3.27. The van der Waals surface area contributed by atoms with E-state index >= 15 is 0 Å². The van der Waals surface area contributed by atoms with Crippen LogP contribution >= 0.6 is 0 Å². The number of aryl methyl sites for hydroxylation is 1. The number of hydrogen-bond donors (Lipinski definition) is 2. The molecule has 2 heterocycles. The van der Waals surface area contributed by atoms with Crippen molar-refractivity contribution in [2.45, 2.75) is 25.8 Å². The molecule has 4 rings (SSSR count). The molecule has 5 heteroatoms. The van der Waals surface area contributed by atoms with E-state index in [1.165, 1.54) is 5.56 Å². The standard InChI is InChI=1S/C21H22N4O/c1-14-11-20(26)23-18-10-6-9-16(21(18)22-14)17-13-25(2)24-19(17)12-15-7-4-3-5-8-15/h3-10,13-14,22H,11-12H2,1-2H3,(H,23,26)/t14-/m1/s1. The van der Waals surface area contributed by atoms with E-state index < -0.39 is 0 Å². The highest BCUT2D eigenvalue weighted by Gasteiger charge is 2.22. The molecule has 1 atom stereocenters. The normalized spacial score (nSPS) is 16.4. The number of benzene rings is 2. The molecule has 0 saturated carbocycles. The lowest BCUT2D eigenvalue weighted by Gasteiger charge is -2.16. The summed E-state index contributed by atoms with van der Waals surface area (Å²) in [5.74, 6) is 0.0385. The van der Waals surface area contributed by atoms with Gasteiger partial charge in [-0.1, -0.05) is 42.5 Å². The van der Waals surface area contributed by atoms with E-state index in [1.807, 2.05) is 55.2 Å². The van der Waals surface area contributed by atoms with Gasteiger partial charge in [0.1, 0.15) is 0 Å². The number of aromatic nitrogens is 2. The van der Waals surface area contributed by atoms with Crippen LogP contribution in [0.4, 0.5) is 11.4 Å². The van der Waals surface area contributed by atoms with Crippen LogP contribution in [0.2, 0.25) is 0 Å². The molecule has 1 aliphatic rings. The summed E-state index contributed by atoms with van der Waals surface area (Å²) < 4.78 is 1.85. The fraction of sp³-hybridized carbons (Fsp3) is 0.238. The van der Waals surface area contributed by atoms with E-state index in [-0.39, 0.29) is 11.9 Å². The van der Waals surface area contributed by atoms with Gasteiger partial charge in [0.05, 0.1) is 17.1 Å². The maximum absolute atomic E-state index is 12.0. The van der Waals surface area contributed by atoms with Gasteiger partial charge in [0, 0.05) is 43.3 Å². The topological polar surface area (TPSA) is 59.0 Å². The second-order valence-electron chi connectivity index (χ2n) is 6.85. The maximum Gasteiger partial charge on any atom is 0.226 e. The first-order chi connectivity index (χ1) is 12.6. The number of amides is 1. The van der Waals surface area contributed by atoms with Crippen molar-refractivity contribution in [2.24, 2.45) is 7.05 Å². The molecule has 0 radical (unpaired) electrons. The summed E-state index contributed by atoms with van der Waals surface area (Å²) in [6.45, 7) is 2.03. The average Bonchev–Trinajstić information content (AvgIpc) is 2.89. The van der Waals surface area contributed by atoms with Gasteiger partial charge < -0.3 is 10.6 Å². The van der Waals surface area contributed by atoms with Crippen molar-refractivity contribution < 1.29 is 4.79 Å². The third-order valence-electron chi connectivity index (χ3n) is 4.63. The van der Waals surface area contributed by atoms with Crippen molar-refractivity contribution in [1.82, 2.24) is 9.78 Å². The summed E-state index contributed by atoms with van der Waals surface area (Å²) in [6, 6.07) is 16.4. The quantitative estimate of drug-likeness (QED) is 0.758. The highest BCUT2D eigenvalue weighted by atomic mass is 16.1. The first-order valence-electron chi connectivity index (χ1n) is 8.86. The zero-order valence-corrected chi connectivity index (χ0v) is 15.0. The Labute approximate surface area is 153 Å². The van der Waals surface area contributed by atoms with Crippen LogP contribution in [0.3, 0.4) is 0 Å². The van der Waals surface area contributed by atoms with E-state index in [2.05, 4.69) is 28.8 Å². The maximum atomic E-state index is 12.0. The van der Waals surface area contributed by atoms with Crippen LogP contribution in [-0.4, -0.2) is 21.7 Å². The van der Waals surface area contributed by atoms with Crippen molar-refractivity contribution in [3.63, 3.8) is 0 Å². The van der Waals surface area contributed by atoms with Crippen molar-refractivity contribution in [3.05, 3.63) is 66.0 Å². The first kappa shape index (κ1) is 16.4. The summed E-state index contributed by atoms with van der Waals surface area (Å²) in [5, 5.41) is 11.2. The van der Waals surface area contributed by atoms with Gasteiger partial charge in [0.15, 0.2) is 0 Å². The van der Waals surface area contributed by atoms with E-state index in [4.69, 9.17) is 5.10 Å². The second-order valence-corrected chi connectivity index (χ2v) is 6.85. The van der Waals surface area contributed by atoms with Crippen LogP contribution in [0, 0.1) is 0 Å². The van der Waals surface area contributed by atoms with Crippen LogP contribution in [-0.2, 0) is 18.3 Å². The molecule has 2 aromatic carbocycles. The Morgan fingerprint density at radius 3 is 2.73 bits per heavy atom. The smallest absolute Gasteiger partial charge is 0.226 e. The highest BCUT2D eigenvalue weighted by molar-refractivity contribution is 6.00. The third kappa shape index (κ3) is 3.20. The van der Waals surface area contributed by atoms with Crippen molar-refractivity contribution in [2.75, 3.05) is 10.6 Å². The van der Waals surface area contributed by atoms with Crippen LogP contribution in [0.1, 0.15) is 24.6 Å². The van der Waals surface area contributed by atoms with Crippen molar-refractivity contribution in [3.8, 4) is 11.1 Å². The molecule has 0 spiro atoms. The van der Waals surface area contributed by atoms with Crippen LogP contribution in [0.25, 0.3) is 11.1 Å². The van der Waals surface area contributed by atoms with Gasteiger partial charge in [0.25, 0.3) is 0 Å². The van der Waals surface area contributed by atoms with E-state index in [1.54, 1.807) is 0 Å². The molecule has 0 fully saturated rings. The minimum Gasteiger partial charge on any atom is -0.380 e. The third-order valence-corrected chi connectivity index (χ3v) is 4.63. The van der Waals surface area contributed by atoms with Crippen molar-refractivity contribution >= 4 is 17.3 Å². The number of nitrogens with one attached hydrogen (secondary N) is 2. The summed E-state index contributed by atoms with van der Waals surface area (Å²) in [4.78, 5) is 12.0. The number of anilines is 2. The zero-order valence-electron chi connectivity index (χ0n) is 15.0. The molecular formula is C21H22N4O. The van der Waals surface area contributed by atoms with Gasteiger partial charge in [-0.2, -0.15) is 5.10 Å². The Hall–Kier alpha value is -3.08. The minimum absolute atomic E-state index is 0.0385. The van der Waals surface area contributed by atoms with Gasteiger partial charge in [-0.25, -0.2) is 0 Å². The number of nitrogens with zero attached hydrogens (tertiary/aromatic N) is 2. The van der Waals surface area contributed by atoms with E-state index in [9.17, 15) is 4.79 Å². The van der Waals surface area contributed by atoms with Crippen LogP contribution < -0.4 is 10.6 Å². The van der Waals surface area contributed by atoms with Gasteiger partial charge in [-0.15, -0.1) is 0 Å². The monoisotopic (exact) mass is 346 g/mol. The lowest BCUT2D eigenvalue weighted by atomic mass is 9.99. The van der Waals surface area contributed by atoms with Crippen molar-refractivity contribution in [1.29, 1.82) is 0 Å². The SMILES string of the molecule is C[C@@H]1CC(=O)Nc2cccc(-c3cn(C)nc3Cc3ccccc3)c2N1. The Balaban J connectivity index is 1.80. The number of rotatable bonds is 3. The fourth-order valence-electron chi connectivity index (χ4n) is 3.49. The Bertz CT molecular complexity index is 946. The summed E-state index contributed by atoms with van der Waals surface area (Å²) in [7, 11) is 1.94. The Morgan fingerprint density at radius 1 is 1.12 bits per heavy atom. The molecule has 0 bridgehead atoms. The lowest BCUT2D eigenvalue weighted by Crippen LogP contribution is -2.19. The average molecular weight is 346 g/mol. The number of fused-ring (bicyclic) bond motifs is 1.